The van der Waals surface area contributed by atoms with Crippen LogP contribution < -0.4 is 5.32 Å². The molecule has 5 nitrogen and oxygen atoms in total. The molecule has 2 unspecified atom stereocenters. The van der Waals surface area contributed by atoms with Crippen molar-refractivity contribution in [3.05, 3.63) is 34.1 Å². The number of carbonyl (C=O) groups excluding carboxylic acids is 1. The molecule has 0 radical (unpaired) electrons. The van der Waals surface area contributed by atoms with Crippen LogP contribution in [0.4, 0.5) is 9.18 Å². The Labute approximate surface area is 136 Å². The predicted octanol–water partition coefficient (Wildman–Crippen LogP) is 2.84. The van der Waals surface area contributed by atoms with E-state index in [2.05, 4.69) is 21.2 Å². The Hall–Kier alpha value is -1.63. The molecule has 1 saturated heterocycles. The van der Waals surface area contributed by atoms with E-state index in [0.717, 1.165) is 0 Å². The summed E-state index contributed by atoms with van der Waals surface area (Å²) in [6, 6.07) is 4.10. The highest BCUT2D eigenvalue weighted by molar-refractivity contribution is 9.10. The molecule has 22 heavy (non-hydrogen) atoms. The van der Waals surface area contributed by atoms with Crippen LogP contribution in [-0.4, -0.2) is 35.1 Å². The van der Waals surface area contributed by atoms with Crippen molar-refractivity contribution in [2.24, 2.45) is 11.8 Å². The van der Waals surface area contributed by atoms with Gasteiger partial charge in [-0.1, -0.05) is 22.9 Å². The molecule has 0 bridgehead atoms. The van der Waals surface area contributed by atoms with Crippen molar-refractivity contribution >= 4 is 27.9 Å². The van der Waals surface area contributed by atoms with Crippen LogP contribution in [0.1, 0.15) is 18.9 Å². The first kappa shape index (κ1) is 16.7. The topological polar surface area (TPSA) is 69.6 Å². The number of hydrogen-bond donors (Lipinski definition) is 2. The summed E-state index contributed by atoms with van der Waals surface area (Å²) < 4.78 is 13.9. The van der Waals surface area contributed by atoms with E-state index in [0.29, 0.717) is 23.0 Å². The molecule has 2 N–H and O–H groups in total. The van der Waals surface area contributed by atoms with Gasteiger partial charge in [0.15, 0.2) is 0 Å². The Morgan fingerprint density at radius 1 is 1.41 bits per heavy atom. The van der Waals surface area contributed by atoms with Gasteiger partial charge in [0.1, 0.15) is 5.82 Å². The lowest BCUT2D eigenvalue weighted by Crippen LogP contribution is -2.49. The Kier molecular flexibility index (Phi) is 5.39. The predicted molar refractivity (Wildman–Crippen MR) is 82.8 cm³/mol. The fraction of sp³-hybridized carbons (Fsp3) is 0.467. The minimum absolute atomic E-state index is 0.143. The Morgan fingerprint density at radius 3 is 2.77 bits per heavy atom. The molecule has 7 heteroatoms. The summed E-state index contributed by atoms with van der Waals surface area (Å²) >= 11 is 3.20. The zero-order chi connectivity index (χ0) is 16.3. The fourth-order valence-corrected chi connectivity index (χ4v) is 3.21. The largest absolute Gasteiger partial charge is 0.481 e. The van der Waals surface area contributed by atoms with Crippen LogP contribution in [0.5, 0.6) is 0 Å². The van der Waals surface area contributed by atoms with Crippen LogP contribution in [-0.2, 0) is 11.3 Å². The Balaban J connectivity index is 1.95. The van der Waals surface area contributed by atoms with Gasteiger partial charge < -0.3 is 15.3 Å². The van der Waals surface area contributed by atoms with Gasteiger partial charge in [-0.05, 0) is 36.1 Å². The lowest BCUT2D eigenvalue weighted by molar-refractivity contribution is -0.143. The van der Waals surface area contributed by atoms with Gasteiger partial charge in [0.2, 0.25) is 0 Å². The fourth-order valence-electron chi connectivity index (χ4n) is 2.70. The standard InChI is InChI=1S/C15H18BrFN2O3/c1-9-2-11(14(20)21)8-19(7-9)15(22)18-6-10-3-12(16)5-13(17)4-10/h3-5,9,11H,2,6-8H2,1H3,(H,18,22)(H,20,21). The number of nitrogens with one attached hydrogen (secondary N) is 1. The Bertz CT molecular complexity index is 562. The molecule has 0 aromatic heterocycles. The van der Waals surface area contributed by atoms with Gasteiger partial charge in [0.05, 0.1) is 5.92 Å². The van der Waals surface area contributed by atoms with Crippen LogP contribution in [0.2, 0.25) is 0 Å². The van der Waals surface area contributed by atoms with Crippen molar-refractivity contribution < 1.29 is 19.1 Å². The van der Waals surface area contributed by atoms with Crippen molar-refractivity contribution in [3.8, 4) is 0 Å². The second-order valence-corrected chi connectivity index (χ2v) is 6.63. The quantitative estimate of drug-likeness (QED) is 0.856. The second-order valence-electron chi connectivity index (χ2n) is 5.72. The zero-order valence-electron chi connectivity index (χ0n) is 12.2. The summed E-state index contributed by atoms with van der Waals surface area (Å²) in [5.74, 6) is -1.64. The molecule has 1 fully saturated rings. The number of amides is 2. The first-order valence-electron chi connectivity index (χ1n) is 7.05. The molecule has 1 aliphatic heterocycles. The summed E-state index contributed by atoms with van der Waals surface area (Å²) in [6.07, 6.45) is 0.579. The number of rotatable bonds is 3. The highest BCUT2D eigenvalue weighted by Gasteiger charge is 2.31. The van der Waals surface area contributed by atoms with Crippen molar-refractivity contribution in [2.45, 2.75) is 19.9 Å². The molecular formula is C15H18BrFN2O3. The first-order chi connectivity index (χ1) is 10.3. The molecule has 0 spiro atoms. The number of carboxylic acid groups (broad SMARTS) is 1. The zero-order valence-corrected chi connectivity index (χ0v) is 13.8. The van der Waals surface area contributed by atoms with Gasteiger partial charge in [-0.3, -0.25) is 4.79 Å². The molecule has 1 aliphatic rings. The number of hydrogen-bond acceptors (Lipinski definition) is 2. The maximum absolute atomic E-state index is 13.3. The summed E-state index contributed by atoms with van der Waals surface area (Å²) in [5, 5.41) is 11.8. The minimum Gasteiger partial charge on any atom is -0.481 e. The lowest BCUT2D eigenvalue weighted by atomic mass is 9.91. The van der Waals surface area contributed by atoms with Gasteiger partial charge in [-0.2, -0.15) is 0 Å². The van der Waals surface area contributed by atoms with E-state index in [4.69, 9.17) is 5.11 Å². The number of aliphatic carboxylic acids is 1. The molecule has 2 atom stereocenters. The van der Waals surface area contributed by atoms with Crippen molar-refractivity contribution in [3.63, 3.8) is 0 Å². The van der Waals surface area contributed by atoms with Crippen LogP contribution in [0.15, 0.2) is 22.7 Å². The van der Waals surface area contributed by atoms with Crippen molar-refractivity contribution in [1.29, 1.82) is 0 Å². The van der Waals surface area contributed by atoms with Gasteiger partial charge >= 0.3 is 12.0 Å². The summed E-state index contributed by atoms with van der Waals surface area (Å²) in [5.41, 5.74) is 0.639. The number of carboxylic acids is 1. The third-order valence-corrected chi connectivity index (χ3v) is 4.12. The van der Waals surface area contributed by atoms with Crippen LogP contribution in [0.25, 0.3) is 0 Å². The average Bonchev–Trinajstić information content (AvgIpc) is 2.43. The van der Waals surface area contributed by atoms with E-state index >= 15 is 0 Å². The number of piperidine rings is 1. The second kappa shape index (κ2) is 7.09. The third-order valence-electron chi connectivity index (χ3n) is 3.66. The highest BCUT2D eigenvalue weighted by atomic mass is 79.9. The van der Waals surface area contributed by atoms with E-state index in [-0.39, 0.29) is 30.9 Å². The third kappa shape index (κ3) is 4.43. The lowest BCUT2D eigenvalue weighted by Gasteiger charge is -2.34. The molecule has 1 heterocycles. The van der Waals surface area contributed by atoms with Crippen LogP contribution in [0, 0.1) is 17.7 Å². The van der Waals surface area contributed by atoms with E-state index in [1.807, 2.05) is 6.92 Å². The molecule has 120 valence electrons. The first-order valence-corrected chi connectivity index (χ1v) is 7.85. The monoisotopic (exact) mass is 372 g/mol. The van der Waals surface area contributed by atoms with E-state index in [1.165, 1.54) is 17.0 Å². The molecule has 2 rings (SSSR count). The molecule has 2 amide bonds. The maximum Gasteiger partial charge on any atom is 0.317 e. The summed E-state index contributed by atoms with van der Waals surface area (Å²) in [4.78, 5) is 24.8. The van der Waals surface area contributed by atoms with Crippen LogP contribution >= 0.6 is 15.9 Å². The van der Waals surface area contributed by atoms with E-state index < -0.39 is 11.9 Å². The van der Waals surface area contributed by atoms with Gasteiger partial charge in [-0.25, -0.2) is 9.18 Å². The molecule has 0 saturated carbocycles. The van der Waals surface area contributed by atoms with E-state index in [1.54, 1.807) is 6.07 Å². The smallest absolute Gasteiger partial charge is 0.317 e. The highest BCUT2D eigenvalue weighted by Crippen LogP contribution is 2.22. The van der Waals surface area contributed by atoms with Crippen LogP contribution in [0.3, 0.4) is 0 Å². The molecule has 1 aromatic carbocycles. The van der Waals surface area contributed by atoms with Gasteiger partial charge in [-0.15, -0.1) is 0 Å². The molecule has 0 aliphatic carbocycles. The number of halogens is 2. The maximum atomic E-state index is 13.3. The minimum atomic E-state index is -0.876. The summed E-state index contributed by atoms with van der Waals surface area (Å²) in [7, 11) is 0. The van der Waals surface area contributed by atoms with Crippen molar-refractivity contribution in [1.82, 2.24) is 10.2 Å². The molecule has 1 aromatic rings. The number of likely N-dealkylation sites (tertiary alicyclic amines) is 1. The number of urea groups is 1. The van der Waals surface area contributed by atoms with Crippen molar-refractivity contribution in [2.75, 3.05) is 13.1 Å². The molecular weight excluding hydrogens is 355 g/mol. The summed E-state index contributed by atoms with van der Waals surface area (Å²) in [6.45, 7) is 2.86. The van der Waals surface area contributed by atoms with E-state index in [9.17, 15) is 14.0 Å². The van der Waals surface area contributed by atoms with Gasteiger partial charge in [0, 0.05) is 24.1 Å². The number of carbonyl (C=O) groups is 2. The Morgan fingerprint density at radius 2 is 2.14 bits per heavy atom. The SMILES string of the molecule is CC1CC(C(=O)O)CN(C(=O)NCc2cc(F)cc(Br)c2)C1. The van der Waals surface area contributed by atoms with Gasteiger partial charge in [0.25, 0.3) is 0 Å². The number of benzene rings is 1. The average molecular weight is 373 g/mol. The normalized spacial score (nSPS) is 21.5. The number of nitrogens with zero attached hydrogens (tertiary/aromatic N) is 1.